The summed E-state index contributed by atoms with van der Waals surface area (Å²) in [5.74, 6) is 4.44. The van der Waals surface area contributed by atoms with Crippen LogP contribution < -0.4 is 0 Å². The maximum Gasteiger partial charge on any atom is 0.100 e. The van der Waals surface area contributed by atoms with E-state index in [1.807, 2.05) is 0 Å². The Morgan fingerprint density at radius 3 is 2.10 bits per heavy atom. The average Bonchev–Trinajstić information content (AvgIpc) is 3.03. The molecule has 1 heteroatoms. The van der Waals surface area contributed by atoms with Gasteiger partial charge in [0.25, 0.3) is 0 Å². The summed E-state index contributed by atoms with van der Waals surface area (Å²) < 4.78 is 13.2. The second kappa shape index (κ2) is 8.53. The molecule has 0 aromatic carbocycles. The van der Waals surface area contributed by atoms with Gasteiger partial charge in [0, 0.05) is 0 Å². The number of hydrogen-bond donors (Lipinski definition) is 0. The molecule has 0 amide bonds. The van der Waals surface area contributed by atoms with Crippen molar-refractivity contribution >= 4 is 0 Å². The molecule has 0 aromatic heterocycles. The molecule has 0 bridgehead atoms. The van der Waals surface area contributed by atoms with E-state index >= 15 is 0 Å². The second-order valence-electron chi connectivity index (χ2n) is 8.71. The minimum Gasteiger partial charge on any atom is -0.247 e. The third kappa shape index (κ3) is 6.28. The topological polar surface area (TPSA) is 0 Å². The van der Waals surface area contributed by atoms with Gasteiger partial charge in [0.15, 0.2) is 0 Å². The van der Waals surface area contributed by atoms with E-state index in [1.165, 1.54) is 51.4 Å². The molecule has 124 valence electrons. The van der Waals surface area contributed by atoms with Crippen LogP contribution in [0.4, 0.5) is 4.39 Å². The van der Waals surface area contributed by atoms with Gasteiger partial charge in [-0.15, -0.1) is 0 Å². The number of halogens is 1. The van der Waals surface area contributed by atoms with Crippen molar-refractivity contribution in [1.29, 1.82) is 0 Å². The van der Waals surface area contributed by atoms with Crippen molar-refractivity contribution in [2.75, 3.05) is 0 Å². The summed E-state index contributed by atoms with van der Waals surface area (Å²) in [6.45, 7) is 7.13. The van der Waals surface area contributed by atoms with Crippen molar-refractivity contribution in [3.8, 4) is 0 Å². The molecule has 2 saturated carbocycles. The first-order chi connectivity index (χ1) is 10.0. The summed E-state index contributed by atoms with van der Waals surface area (Å²) in [6.07, 6.45) is 13.7. The Bertz CT molecular complexity index is 286. The van der Waals surface area contributed by atoms with Crippen LogP contribution >= 0.6 is 0 Å². The molecule has 2 aliphatic rings. The lowest BCUT2D eigenvalue weighted by Gasteiger charge is -2.19. The zero-order valence-electron chi connectivity index (χ0n) is 14.6. The summed E-state index contributed by atoms with van der Waals surface area (Å²) >= 11 is 0. The first-order valence-electron chi connectivity index (χ1n) is 9.67. The molecule has 5 unspecified atom stereocenters. The lowest BCUT2D eigenvalue weighted by atomic mass is 9.87. The van der Waals surface area contributed by atoms with Gasteiger partial charge in [0.2, 0.25) is 0 Å². The van der Waals surface area contributed by atoms with Crippen LogP contribution in [0.5, 0.6) is 0 Å². The molecule has 2 fully saturated rings. The van der Waals surface area contributed by atoms with Gasteiger partial charge in [0.1, 0.15) is 6.17 Å². The predicted molar refractivity (Wildman–Crippen MR) is 90.2 cm³/mol. The van der Waals surface area contributed by atoms with Crippen molar-refractivity contribution < 1.29 is 4.39 Å². The molecule has 0 aromatic rings. The molecular formula is C20H37F. The van der Waals surface area contributed by atoms with Gasteiger partial charge in [-0.3, -0.25) is 0 Å². The molecule has 0 aliphatic heterocycles. The van der Waals surface area contributed by atoms with Crippen LogP contribution in [0.2, 0.25) is 0 Å². The second-order valence-corrected chi connectivity index (χ2v) is 8.71. The fourth-order valence-corrected chi connectivity index (χ4v) is 4.71. The lowest BCUT2D eigenvalue weighted by molar-refractivity contribution is 0.308. The fraction of sp³-hybridized carbons (Fsp3) is 1.00. The Balaban J connectivity index is 1.57. The zero-order valence-corrected chi connectivity index (χ0v) is 14.6. The van der Waals surface area contributed by atoms with Gasteiger partial charge in [0.05, 0.1) is 0 Å². The maximum absolute atomic E-state index is 13.2. The molecular weight excluding hydrogens is 259 g/mol. The molecule has 0 radical (unpaired) electrons. The standard InChI is InChI=1S/C20H37F/c1-15(2)4-6-17-8-9-19(13-17)12-16(3)5-7-18-10-11-20(21)14-18/h15-20H,4-14H2,1-3H3. The van der Waals surface area contributed by atoms with E-state index in [4.69, 9.17) is 0 Å². The summed E-state index contributed by atoms with van der Waals surface area (Å²) in [6, 6.07) is 0. The Kier molecular flexibility index (Phi) is 7.02. The van der Waals surface area contributed by atoms with Gasteiger partial charge >= 0.3 is 0 Å². The van der Waals surface area contributed by atoms with Crippen LogP contribution in [0.3, 0.4) is 0 Å². The Labute approximate surface area is 132 Å². The highest BCUT2D eigenvalue weighted by atomic mass is 19.1. The SMILES string of the molecule is CC(C)CCC1CCC(CC(C)CCC2CCC(F)C2)C1. The van der Waals surface area contributed by atoms with Crippen molar-refractivity contribution in [2.24, 2.45) is 29.6 Å². The molecule has 21 heavy (non-hydrogen) atoms. The van der Waals surface area contributed by atoms with E-state index in [1.54, 1.807) is 0 Å². The first kappa shape index (κ1) is 17.3. The van der Waals surface area contributed by atoms with E-state index in [0.29, 0.717) is 5.92 Å². The van der Waals surface area contributed by atoms with Gasteiger partial charge in [-0.25, -0.2) is 4.39 Å². The van der Waals surface area contributed by atoms with Crippen LogP contribution in [-0.4, -0.2) is 6.17 Å². The van der Waals surface area contributed by atoms with Crippen molar-refractivity contribution in [3.05, 3.63) is 0 Å². The normalized spacial score (nSPS) is 34.7. The summed E-state index contributed by atoms with van der Waals surface area (Å²) in [5.41, 5.74) is 0. The maximum atomic E-state index is 13.2. The Morgan fingerprint density at radius 1 is 0.810 bits per heavy atom. The quantitative estimate of drug-likeness (QED) is 0.463. The van der Waals surface area contributed by atoms with E-state index in [-0.39, 0.29) is 0 Å². The molecule has 0 N–H and O–H groups in total. The van der Waals surface area contributed by atoms with E-state index in [9.17, 15) is 4.39 Å². The molecule has 5 atom stereocenters. The Hall–Kier alpha value is -0.0700. The first-order valence-corrected chi connectivity index (χ1v) is 9.67. The smallest absolute Gasteiger partial charge is 0.100 e. The highest BCUT2D eigenvalue weighted by Crippen LogP contribution is 2.39. The van der Waals surface area contributed by atoms with Gasteiger partial charge in [-0.05, 0) is 61.7 Å². The largest absolute Gasteiger partial charge is 0.247 e. The summed E-state index contributed by atoms with van der Waals surface area (Å²) in [7, 11) is 0. The Morgan fingerprint density at radius 2 is 1.43 bits per heavy atom. The highest BCUT2D eigenvalue weighted by molar-refractivity contribution is 4.79. The van der Waals surface area contributed by atoms with Crippen molar-refractivity contribution in [3.63, 3.8) is 0 Å². The molecule has 0 nitrogen and oxygen atoms in total. The van der Waals surface area contributed by atoms with Gasteiger partial charge < -0.3 is 0 Å². The van der Waals surface area contributed by atoms with Crippen LogP contribution in [0, 0.1) is 29.6 Å². The highest BCUT2D eigenvalue weighted by Gasteiger charge is 2.27. The van der Waals surface area contributed by atoms with E-state index in [2.05, 4.69) is 20.8 Å². The van der Waals surface area contributed by atoms with Gasteiger partial charge in [-0.2, -0.15) is 0 Å². The zero-order chi connectivity index (χ0) is 15.2. The third-order valence-corrected chi connectivity index (χ3v) is 6.08. The van der Waals surface area contributed by atoms with Crippen molar-refractivity contribution in [1.82, 2.24) is 0 Å². The van der Waals surface area contributed by atoms with Crippen LogP contribution in [0.25, 0.3) is 0 Å². The lowest BCUT2D eigenvalue weighted by Crippen LogP contribution is -2.06. The van der Waals surface area contributed by atoms with E-state index < -0.39 is 6.17 Å². The molecule has 0 heterocycles. The number of rotatable bonds is 8. The molecule has 0 spiro atoms. The number of hydrogen-bond acceptors (Lipinski definition) is 0. The van der Waals surface area contributed by atoms with Gasteiger partial charge in [-0.1, -0.05) is 59.3 Å². The van der Waals surface area contributed by atoms with E-state index in [0.717, 1.165) is 42.9 Å². The molecule has 2 rings (SSSR count). The minimum absolute atomic E-state index is 0.484. The third-order valence-electron chi connectivity index (χ3n) is 6.08. The predicted octanol–water partition coefficient (Wildman–Crippen LogP) is 6.78. The summed E-state index contributed by atoms with van der Waals surface area (Å²) in [5, 5.41) is 0. The molecule has 2 aliphatic carbocycles. The average molecular weight is 297 g/mol. The summed E-state index contributed by atoms with van der Waals surface area (Å²) in [4.78, 5) is 0. The van der Waals surface area contributed by atoms with Crippen LogP contribution in [0.15, 0.2) is 0 Å². The monoisotopic (exact) mass is 296 g/mol. The van der Waals surface area contributed by atoms with Crippen molar-refractivity contribution in [2.45, 2.75) is 97.6 Å². The number of alkyl halides is 1. The fourth-order valence-electron chi connectivity index (χ4n) is 4.71. The molecule has 0 saturated heterocycles. The van der Waals surface area contributed by atoms with Crippen LogP contribution in [-0.2, 0) is 0 Å². The minimum atomic E-state index is -0.484. The van der Waals surface area contributed by atoms with Crippen LogP contribution in [0.1, 0.15) is 91.4 Å².